The van der Waals surface area contributed by atoms with Crippen molar-refractivity contribution in [3.05, 3.63) is 77.2 Å². The highest BCUT2D eigenvalue weighted by Crippen LogP contribution is 2.21. The van der Waals surface area contributed by atoms with E-state index in [1.165, 1.54) is 12.1 Å². The molecule has 2 aromatic carbocycles. The fraction of sp³-hybridized carbons (Fsp3) is 0.105. The van der Waals surface area contributed by atoms with Gasteiger partial charge in [-0.05, 0) is 37.6 Å². The summed E-state index contributed by atoms with van der Waals surface area (Å²) in [5, 5.41) is 5.52. The van der Waals surface area contributed by atoms with E-state index >= 15 is 0 Å². The van der Waals surface area contributed by atoms with Crippen molar-refractivity contribution < 1.29 is 13.6 Å². The van der Waals surface area contributed by atoms with Crippen molar-refractivity contribution in [3.8, 4) is 0 Å². The number of nitrogens with zero attached hydrogens (tertiary/aromatic N) is 2. The Morgan fingerprint density at radius 3 is 2.46 bits per heavy atom. The van der Waals surface area contributed by atoms with E-state index in [0.29, 0.717) is 11.5 Å². The van der Waals surface area contributed by atoms with Crippen molar-refractivity contribution in [3.63, 3.8) is 0 Å². The maximum Gasteiger partial charge on any atom is 0.274 e. The second-order valence-corrected chi connectivity index (χ2v) is 5.70. The number of benzene rings is 2. The Bertz CT molecular complexity index is 976. The molecular formula is C19H16F2N4O. The number of carbonyl (C=O) groups excluding carboxylic acids is 1. The van der Waals surface area contributed by atoms with Crippen LogP contribution in [0.1, 0.15) is 21.9 Å². The molecule has 26 heavy (non-hydrogen) atoms. The van der Waals surface area contributed by atoms with Crippen molar-refractivity contribution in [2.24, 2.45) is 0 Å². The number of nitrogens with one attached hydrogen (secondary N) is 2. The number of aromatic nitrogens is 2. The summed E-state index contributed by atoms with van der Waals surface area (Å²) in [5.41, 5.74) is 1.77. The van der Waals surface area contributed by atoms with Crippen LogP contribution in [0, 0.1) is 25.5 Å². The van der Waals surface area contributed by atoms with Crippen LogP contribution in [0.3, 0.4) is 0 Å². The molecule has 0 spiro atoms. The zero-order valence-electron chi connectivity index (χ0n) is 14.2. The van der Waals surface area contributed by atoms with Gasteiger partial charge in [0.2, 0.25) is 0 Å². The van der Waals surface area contributed by atoms with Crippen molar-refractivity contribution in [2.45, 2.75) is 13.8 Å². The van der Waals surface area contributed by atoms with Gasteiger partial charge < -0.3 is 10.6 Å². The first-order chi connectivity index (χ1) is 12.4. The molecule has 0 fully saturated rings. The Labute approximate surface area is 149 Å². The zero-order valence-corrected chi connectivity index (χ0v) is 14.2. The van der Waals surface area contributed by atoms with Gasteiger partial charge in [-0.2, -0.15) is 0 Å². The molecule has 0 saturated heterocycles. The monoisotopic (exact) mass is 354 g/mol. The Morgan fingerprint density at radius 2 is 1.73 bits per heavy atom. The Morgan fingerprint density at radius 1 is 0.962 bits per heavy atom. The average Bonchev–Trinajstić information content (AvgIpc) is 2.59. The highest BCUT2D eigenvalue weighted by Gasteiger charge is 2.13. The number of carbonyl (C=O) groups is 1. The van der Waals surface area contributed by atoms with E-state index in [0.717, 1.165) is 17.7 Å². The van der Waals surface area contributed by atoms with Gasteiger partial charge in [-0.3, -0.25) is 4.79 Å². The molecule has 0 bridgehead atoms. The maximum absolute atomic E-state index is 13.8. The highest BCUT2D eigenvalue weighted by atomic mass is 19.1. The summed E-state index contributed by atoms with van der Waals surface area (Å²) in [5.74, 6) is -1.27. The van der Waals surface area contributed by atoms with E-state index in [4.69, 9.17) is 0 Å². The van der Waals surface area contributed by atoms with E-state index in [9.17, 15) is 13.6 Å². The topological polar surface area (TPSA) is 66.9 Å². The van der Waals surface area contributed by atoms with Crippen LogP contribution in [0.2, 0.25) is 0 Å². The van der Waals surface area contributed by atoms with Crippen LogP contribution >= 0.6 is 0 Å². The van der Waals surface area contributed by atoms with Crippen LogP contribution in [-0.2, 0) is 0 Å². The second-order valence-electron chi connectivity index (χ2n) is 5.70. The van der Waals surface area contributed by atoms with Crippen molar-refractivity contribution >= 4 is 23.1 Å². The summed E-state index contributed by atoms with van der Waals surface area (Å²) >= 11 is 0. The molecule has 0 aliphatic heterocycles. The van der Waals surface area contributed by atoms with E-state index < -0.39 is 17.5 Å². The predicted octanol–water partition coefficient (Wildman–Crippen LogP) is 4.37. The molecule has 1 aromatic heterocycles. The van der Waals surface area contributed by atoms with Crippen LogP contribution in [0.4, 0.5) is 26.0 Å². The second kappa shape index (κ2) is 7.26. The summed E-state index contributed by atoms with van der Waals surface area (Å²) in [6, 6.07) is 11.9. The van der Waals surface area contributed by atoms with E-state index in [-0.39, 0.29) is 17.2 Å². The SMILES string of the molecule is Cc1nc(Nc2ccc(F)cc2F)cc(C(=O)Nc2ccccc2C)n1. The predicted molar refractivity (Wildman–Crippen MR) is 95.5 cm³/mol. The minimum Gasteiger partial charge on any atom is -0.338 e. The van der Waals surface area contributed by atoms with Crippen LogP contribution < -0.4 is 10.6 Å². The lowest BCUT2D eigenvalue weighted by Crippen LogP contribution is -2.16. The first-order valence-electron chi connectivity index (χ1n) is 7.87. The zero-order chi connectivity index (χ0) is 18.7. The third-order valence-corrected chi connectivity index (χ3v) is 3.66. The molecule has 1 amide bonds. The first kappa shape index (κ1) is 17.5. The van der Waals surface area contributed by atoms with Crippen molar-refractivity contribution in [1.82, 2.24) is 9.97 Å². The normalized spacial score (nSPS) is 10.5. The molecular weight excluding hydrogens is 338 g/mol. The van der Waals surface area contributed by atoms with Crippen LogP contribution in [0.5, 0.6) is 0 Å². The Balaban J connectivity index is 1.85. The standard InChI is InChI=1S/C19H16F2N4O/c1-11-5-3-4-6-15(11)25-19(26)17-10-18(23-12(2)22-17)24-16-8-7-13(20)9-14(16)21/h3-10H,1-2H3,(H,25,26)(H,22,23,24). The lowest BCUT2D eigenvalue weighted by atomic mass is 10.2. The number of halogens is 2. The molecule has 0 aliphatic carbocycles. The van der Waals surface area contributed by atoms with Crippen LogP contribution in [-0.4, -0.2) is 15.9 Å². The Kier molecular flexibility index (Phi) is 4.88. The minimum absolute atomic E-state index is 0.0507. The van der Waals surface area contributed by atoms with Gasteiger partial charge in [0.15, 0.2) is 0 Å². The fourth-order valence-corrected chi connectivity index (χ4v) is 2.38. The average molecular weight is 354 g/mol. The van der Waals surface area contributed by atoms with E-state index in [2.05, 4.69) is 20.6 Å². The molecule has 7 heteroatoms. The maximum atomic E-state index is 13.8. The summed E-state index contributed by atoms with van der Waals surface area (Å²) in [7, 11) is 0. The number of aryl methyl sites for hydroxylation is 2. The van der Waals surface area contributed by atoms with Gasteiger partial charge in [0, 0.05) is 17.8 Å². The molecule has 0 saturated carbocycles. The summed E-state index contributed by atoms with van der Waals surface area (Å²) in [4.78, 5) is 20.7. The minimum atomic E-state index is -0.757. The lowest BCUT2D eigenvalue weighted by Gasteiger charge is -2.11. The van der Waals surface area contributed by atoms with Crippen molar-refractivity contribution in [2.75, 3.05) is 10.6 Å². The molecule has 0 unspecified atom stereocenters. The van der Waals surface area contributed by atoms with E-state index in [1.807, 2.05) is 25.1 Å². The summed E-state index contributed by atoms with van der Waals surface area (Å²) < 4.78 is 26.8. The molecule has 0 aliphatic rings. The smallest absolute Gasteiger partial charge is 0.274 e. The summed E-state index contributed by atoms with van der Waals surface area (Å²) in [6.45, 7) is 3.50. The molecule has 2 N–H and O–H groups in total. The quantitative estimate of drug-likeness (QED) is 0.730. The van der Waals surface area contributed by atoms with E-state index in [1.54, 1.807) is 13.0 Å². The van der Waals surface area contributed by atoms with Gasteiger partial charge >= 0.3 is 0 Å². The highest BCUT2D eigenvalue weighted by molar-refractivity contribution is 6.03. The molecule has 3 rings (SSSR count). The van der Waals surface area contributed by atoms with Crippen LogP contribution in [0.25, 0.3) is 0 Å². The largest absolute Gasteiger partial charge is 0.338 e. The number of rotatable bonds is 4. The molecule has 3 aromatic rings. The summed E-state index contributed by atoms with van der Waals surface area (Å²) in [6.07, 6.45) is 0. The van der Waals surface area contributed by atoms with Gasteiger partial charge in [-0.25, -0.2) is 18.7 Å². The van der Waals surface area contributed by atoms with Crippen molar-refractivity contribution in [1.29, 1.82) is 0 Å². The number of anilines is 3. The molecule has 0 radical (unpaired) electrons. The third kappa shape index (κ3) is 4.00. The number of hydrogen-bond donors (Lipinski definition) is 2. The Hall–Kier alpha value is -3.35. The van der Waals surface area contributed by atoms with Gasteiger partial charge in [-0.15, -0.1) is 0 Å². The molecule has 5 nitrogen and oxygen atoms in total. The van der Waals surface area contributed by atoms with Gasteiger partial charge in [0.1, 0.15) is 29.0 Å². The number of hydrogen-bond acceptors (Lipinski definition) is 4. The van der Waals surface area contributed by atoms with Gasteiger partial charge in [0.25, 0.3) is 5.91 Å². The van der Waals surface area contributed by atoms with Gasteiger partial charge in [-0.1, -0.05) is 18.2 Å². The molecule has 0 atom stereocenters. The van der Waals surface area contributed by atoms with Crippen LogP contribution in [0.15, 0.2) is 48.5 Å². The fourth-order valence-electron chi connectivity index (χ4n) is 2.38. The number of amides is 1. The third-order valence-electron chi connectivity index (χ3n) is 3.66. The lowest BCUT2D eigenvalue weighted by molar-refractivity contribution is 0.102. The van der Waals surface area contributed by atoms with Gasteiger partial charge in [0.05, 0.1) is 5.69 Å². The number of para-hydroxylation sites is 1. The molecule has 1 heterocycles. The first-order valence-corrected chi connectivity index (χ1v) is 7.87. The molecule has 132 valence electrons.